The number of amides is 4. The van der Waals surface area contributed by atoms with E-state index in [4.69, 9.17) is 4.74 Å². The average Bonchev–Trinajstić information content (AvgIpc) is 3.28. The third-order valence-corrected chi connectivity index (χ3v) is 6.71. The monoisotopic (exact) mass is 495 g/mol. The zero-order valence-corrected chi connectivity index (χ0v) is 21.5. The van der Waals surface area contributed by atoms with Gasteiger partial charge in [-0.1, -0.05) is 0 Å². The first-order chi connectivity index (χ1) is 16.4. The summed E-state index contributed by atoms with van der Waals surface area (Å²) in [5.41, 5.74) is -2.06. The Labute approximate surface area is 207 Å². The molecule has 3 saturated heterocycles. The van der Waals surface area contributed by atoms with Crippen LogP contribution in [0.25, 0.3) is 0 Å². The minimum atomic E-state index is -1.07. The summed E-state index contributed by atoms with van der Waals surface area (Å²) in [6.45, 7) is 11.5. The number of rotatable bonds is 6. The highest BCUT2D eigenvalue weighted by Gasteiger charge is 2.41. The molecule has 3 rings (SSSR count). The number of nitrogens with zero attached hydrogens (tertiary/aromatic N) is 4. The number of ether oxygens (including phenoxy) is 1. The number of carbonyl (C=O) groups excluding carboxylic acids is 4. The Kier molecular flexibility index (Phi) is 8.63. The summed E-state index contributed by atoms with van der Waals surface area (Å²) in [4.78, 5) is 57.9. The molecule has 0 radical (unpaired) electrons. The maximum Gasteiger partial charge on any atom is 0.410 e. The number of aliphatic hydroxyl groups is 1. The summed E-state index contributed by atoms with van der Waals surface area (Å²) < 4.78 is 5.72. The van der Waals surface area contributed by atoms with Crippen LogP contribution in [0.15, 0.2) is 0 Å². The highest BCUT2D eigenvalue weighted by Crippen LogP contribution is 2.25. The zero-order valence-electron chi connectivity index (χ0n) is 21.5. The van der Waals surface area contributed by atoms with Gasteiger partial charge in [0.05, 0.1) is 18.4 Å². The number of hydrogen-bond acceptors (Lipinski definition) is 7. The Morgan fingerprint density at radius 1 is 0.829 bits per heavy atom. The molecular formula is C24H41N5O6. The number of hydrogen-bond donors (Lipinski definition) is 2. The van der Waals surface area contributed by atoms with Crippen LogP contribution in [0.1, 0.15) is 53.4 Å². The van der Waals surface area contributed by atoms with Crippen molar-refractivity contribution in [2.45, 2.75) is 70.6 Å². The SMILES string of the molecule is CC(C)(O)CC(=O)N1CCN(C(=O)[C@@H]2CCCN2C(=O)OC(C)(C)CC(=O)N2CCNCC2)CC1. The second-order valence-electron chi connectivity index (χ2n) is 11.0. The molecule has 0 aromatic rings. The average molecular weight is 496 g/mol. The van der Waals surface area contributed by atoms with Gasteiger partial charge >= 0.3 is 6.09 Å². The number of piperazine rings is 2. The van der Waals surface area contributed by atoms with Gasteiger partial charge in [0, 0.05) is 58.9 Å². The molecule has 0 aromatic carbocycles. The molecule has 198 valence electrons. The second-order valence-corrected chi connectivity index (χ2v) is 11.0. The molecule has 11 nitrogen and oxygen atoms in total. The summed E-state index contributed by atoms with van der Waals surface area (Å²) in [6, 6.07) is -0.596. The van der Waals surface area contributed by atoms with Crippen LogP contribution in [0, 0.1) is 0 Å². The predicted octanol–water partition coefficient (Wildman–Crippen LogP) is 0.0197. The van der Waals surface area contributed by atoms with Gasteiger partial charge in [-0.05, 0) is 40.5 Å². The first kappa shape index (κ1) is 27.2. The van der Waals surface area contributed by atoms with E-state index in [1.807, 2.05) is 0 Å². The van der Waals surface area contributed by atoms with Crippen LogP contribution in [0.4, 0.5) is 4.79 Å². The highest BCUT2D eigenvalue weighted by molar-refractivity contribution is 5.87. The Morgan fingerprint density at radius 3 is 1.97 bits per heavy atom. The third kappa shape index (κ3) is 7.54. The Balaban J connectivity index is 1.51. The molecule has 0 aliphatic carbocycles. The largest absolute Gasteiger partial charge is 0.443 e. The number of carbonyl (C=O) groups is 4. The van der Waals surface area contributed by atoms with E-state index in [1.54, 1.807) is 42.4 Å². The van der Waals surface area contributed by atoms with E-state index < -0.39 is 23.3 Å². The van der Waals surface area contributed by atoms with Crippen LogP contribution >= 0.6 is 0 Å². The van der Waals surface area contributed by atoms with Crippen molar-refractivity contribution in [2.75, 3.05) is 58.9 Å². The number of likely N-dealkylation sites (tertiary alicyclic amines) is 1. The summed E-state index contributed by atoms with van der Waals surface area (Å²) in [5.74, 6) is -0.313. The lowest BCUT2D eigenvalue weighted by molar-refractivity contribution is -0.144. The maximum absolute atomic E-state index is 13.2. The van der Waals surface area contributed by atoms with Crippen LogP contribution in [-0.2, 0) is 19.1 Å². The van der Waals surface area contributed by atoms with Gasteiger partial charge in [-0.3, -0.25) is 19.3 Å². The van der Waals surface area contributed by atoms with Crippen LogP contribution in [0.2, 0.25) is 0 Å². The van der Waals surface area contributed by atoms with Crippen molar-refractivity contribution in [1.29, 1.82) is 0 Å². The Bertz CT molecular complexity index is 797. The van der Waals surface area contributed by atoms with E-state index in [-0.39, 0.29) is 30.6 Å². The highest BCUT2D eigenvalue weighted by atomic mass is 16.6. The normalized spacial score (nSPS) is 21.8. The second kappa shape index (κ2) is 11.1. The smallest absolute Gasteiger partial charge is 0.410 e. The first-order valence-electron chi connectivity index (χ1n) is 12.6. The van der Waals surface area contributed by atoms with Gasteiger partial charge in [-0.25, -0.2) is 4.79 Å². The van der Waals surface area contributed by atoms with Crippen molar-refractivity contribution in [2.24, 2.45) is 0 Å². The first-order valence-corrected chi connectivity index (χ1v) is 12.6. The molecular weight excluding hydrogens is 454 g/mol. The van der Waals surface area contributed by atoms with E-state index in [1.165, 1.54) is 4.90 Å². The molecule has 0 saturated carbocycles. The fraction of sp³-hybridized carbons (Fsp3) is 0.833. The van der Waals surface area contributed by atoms with Gasteiger partial charge in [0.2, 0.25) is 17.7 Å². The third-order valence-electron chi connectivity index (χ3n) is 6.71. The van der Waals surface area contributed by atoms with Crippen LogP contribution in [-0.4, -0.2) is 125 Å². The van der Waals surface area contributed by atoms with E-state index in [0.717, 1.165) is 13.1 Å². The minimum Gasteiger partial charge on any atom is -0.443 e. The maximum atomic E-state index is 13.2. The molecule has 3 aliphatic rings. The molecule has 35 heavy (non-hydrogen) atoms. The summed E-state index contributed by atoms with van der Waals surface area (Å²) >= 11 is 0. The molecule has 11 heteroatoms. The van der Waals surface area contributed by atoms with E-state index in [2.05, 4.69) is 5.32 Å². The van der Waals surface area contributed by atoms with Gasteiger partial charge in [0.15, 0.2) is 0 Å². The summed E-state index contributed by atoms with van der Waals surface area (Å²) in [6.07, 6.45) is 0.821. The molecule has 0 spiro atoms. The van der Waals surface area contributed by atoms with E-state index >= 15 is 0 Å². The summed E-state index contributed by atoms with van der Waals surface area (Å²) in [7, 11) is 0. The van der Waals surface area contributed by atoms with Crippen molar-refractivity contribution in [1.82, 2.24) is 24.9 Å². The van der Waals surface area contributed by atoms with Crippen LogP contribution in [0.3, 0.4) is 0 Å². The molecule has 3 fully saturated rings. The van der Waals surface area contributed by atoms with Crippen molar-refractivity contribution < 1.29 is 29.0 Å². The van der Waals surface area contributed by atoms with Gasteiger partial charge < -0.3 is 29.9 Å². The quantitative estimate of drug-likeness (QED) is 0.533. The lowest BCUT2D eigenvalue weighted by Crippen LogP contribution is -2.56. The lowest BCUT2D eigenvalue weighted by Gasteiger charge is -2.38. The lowest BCUT2D eigenvalue weighted by atomic mass is 10.0. The van der Waals surface area contributed by atoms with Gasteiger partial charge in [-0.2, -0.15) is 0 Å². The van der Waals surface area contributed by atoms with Crippen molar-refractivity contribution in [3.8, 4) is 0 Å². The van der Waals surface area contributed by atoms with E-state index in [0.29, 0.717) is 58.7 Å². The van der Waals surface area contributed by atoms with Gasteiger partial charge in [0.1, 0.15) is 11.6 Å². The molecule has 4 amide bonds. The van der Waals surface area contributed by atoms with Crippen LogP contribution < -0.4 is 5.32 Å². The molecule has 0 bridgehead atoms. The van der Waals surface area contributed by atoms with Crippen molar-refractivity contribution >= 4 is 23.8 Å². The number of nitrogens with one attached hydrogen (secondary N) is 1. The molecule has 0 aromatic heterocycles. The molecule has 3 heterocycles. The Morgan fingerprint density at radius 2 is 1.37 bits per heavy atom. The Hall–Kier alpha value is -2.40. The topological polar surface area (TPSA) is 123 Å². The fourth-order valence-corrected chi connectivity index (χ4v) is 4.83. The molecule has 0 unspecified atom stereocenters. The predicted molar refractivity (Wildman–Crippen MR) is 128 cm³/mol. The minimum absolute atomic E-state index is 0.0378. The van der Waals surface area contributed by atoms with Crippen molar-refractivity contribution in [3.63, 3.8) is 0 Å². The molecule has 3 aliphatic heterocycles. The van der Waals surface area contributed by atoms with Crippen LogP contribution in [0.5, 0.6) is 0 Å². The standard InChI is InChI=1S/C24H41N5O6/c1-23(2,34)16-19(30)27-12-14-28(15-13-27)21(32)18-6-5-9-29(18)22(33)35-24(3,4)17-20(31)26-10-7-25-8-11-26/h18,25,34H,5-17H2,1-4H3/t18-/m0/s1. The molecule has 2 N–H and O–H groups in total. The zero-order chi connectivity index (χ0) is 25.8. The van der Waals surface area contributed by atoms with E-state index in [9.17, 15) is 24.3 Å². The van der Waals surface area contributed by atoms with Gasteiger partial charge in [-0.15, -0.1) is 0 Å². The van der Waals surface area contributed by atoms with Gasteiger partial charge in [0.25, 0.3) is 0 Å². The summed E-state index contributed by atoms with van der Waals surface area (Å²) in [5, 5.41) is 13.1. The molecule has 1 atom stereocenters. The fourth-order valence-electron chi connectivity index (χ4n) is 4.83. The van der Waals surface area contributed by atoms with Crippen molar-refractivity contribution in [3.05, 3.63) is 0 Å².